The minimum Gasteiger partial charge on any atom is -0.474 e. The van der Waals surface area contributed by atoms with Crippen LogP contribution >= 0.6 is 11.3 Å². The molecule has 6 nitrogen and oxygen atoms in total. The molecule has 4 N–H and O–H groups in total. The van der Waals surface area contributed by atoms with E-state index in [0.717, 1.165) is 11.3 Å². The fourth-order valence-corrected chi connectivity index (χ4v) is 1.74. The molecule has 1 rings (SSSR count). The third-order valence-electron chi connectivity index (χ3n) is 2.04. The van der Waals surface area contributed by atoms with Crippen molar-refractivity contribution in [2.45, 2.75) is 32.4 Å². The van der Waals surface area contributed by atoms with Crippen molar-refractivity contribution in [3.8, 4) is 5.88 Å². The maximum atomic E-state index is 11.0. The highest BCUT2D eigenvalue weighted by Gasteiger charge is 2.16. The fraction of sp³-hybridized carbons (Fsp3) is 0.636. The number of aliphatic hydroxyl groups excluding tert-OH is 1. The van der Waals surface area contributed by atoms with Crippen molar-refractivity contribution in [1.82, 2.24) is 10.3 Å². The second-order valence-corrected chi connectivity index (χ2v) is 5.80. The van der Waals surface area contributed by atoms with Gasteiger partial charge < -0.3 is 20.9 Å². The molecule has 0 aliphatic carbocycles. The lowest BCUT2D eigenvalue weighted by atomic mass is 10.1. The summed E-state index contributed by atoms with van der Waals surface area (Å²) in [5.41, 5.74) is 6.57. The van der Waals surface area contributed by atoms with Gasteiger partial charge in [0.1, 0.15) is 12.7 Å². The maximum Gasteiger partial charge on any atom is 0.264 e. The van der Waals surface area contributed by atoms with Crippen LogP contribution in [0.5, 0.6) is 5.88 Å². The average Bonchev–Trinajstić information content (AvgIpc) is 2.70. The lowest BCUT2D eigenvalue weighted by Crippen LogP contribution is -2.42. The van der Waals surface area contributed by atoms with Gasteiger partial charge in [-0.3, -0.25) is 4.79 Å². The molecule has 0 aliphatic rings. The quantitative estimate of drug-likeness (QED) is 0.695. The number of amides is 1. The van der Waals surface area contributed by atoms with Crippen LogP contribution < -0.4 is 15.8 Å². The van der Waals surface area contributed by atoms with Crippen LogP contribution in [0.4, 0.5) is 0 Å². The molecule has 1 aromatic rings. The van der Waals surface area contributed by atoms with E-state index < -0.39 is 12.0 Å². The van der Waals surface area contributed by atoms with Gasteiger partial charge >= 0.3 is 0 Å². The molecule has 7 heteroatoms. The Hall–Kier alpha value is -1.18. The Morgan fingerprint density at radius 2 is 2.33 bits per heavy atom. The van der Waals surface area contributed by atoms with Crippen molar-refractivity contribution in [1.29, 1.82) is 0 Å². The Morgan fingerprint density at radius 3 is 2.89 bits per heavy atom. The molecule has 102 valence electrons. The second-order valence-electron chi connectivity index (χ2n) is 4.95. The summed E-state index contributed by atoms with van der Waals surface area (Å²) in [4.78, 5) is 15.2. The van der Waals surface area contributed by atoms with Crippen molar-refractivity contribution in [3.05, 3.63) is 10.4 Å². The van der Waals surface area contributed by atoms with Crippen molar-refractivity contribution < 1.29 is 14.6 Å². The first-order chi connectivity index (χ1) is 8.29. The fourth-order valence-electron chi connectivity index (χ4n) is 1.16. The van der Waals surface area contributed by atoms with Gasteiger partial charge in [-0.15, -0.1) is 11.3 Å². The van der Waals surface area contributed by atoms with Gasteiger partial charge in [-0.25, -0.2) is 4.98 Å². The summed E-state index contributed by atoms with van der Waals surface area (Å²) in [6, 6.07) is 0. The normalized spacial score (nSPS) is 13.3. The Morgan fingerprint density at radius 1 is 1.67 bits per heavy atom. The zero-order valence-corrected chi connectivity index (χ0v) is 11.6. The first kappa shape index (κ1) is 14.9. The average molecular weight is 273 g/mol. The van der Waals surface area contributed by atoms with E-state index in [1.54, 1.807) is 0 Å². The number of aromatic nitrogens is 1. The second kappa shape index (κ2) is 6.12. The van der Waals surface area contributed by atoms with Gasteiger partial charge in [-0.05, 0) is 20.8 Å². The van der Waals surface area contributed by atoms with Crippen molar-refractivity contribution >= 4 is 17.2 Å². The minimum atomic E-state index is -0.674. The van der Waals surface area contributed by atoms with E-state index in [0.29, 0.717) is 6.54 Å². The van der Waals surface area contributed by atoms with E-state index >= 15 is 0 Å². The summed E-state index contributed by atoms with van der Waals surface area (Å²) in [6.45, 7) is 6.48. The van der Waals surface area contributed by atoms with Gasteiger partial charge in [0.15, 0.2) is 4.88 Å². The number of ether oxygens (including phenoxy) is 1. The molecule has 1 heterocycles. The van der Waals surface area contributed by atoms with Gasteiger partial charge in [-0.1, -0.05) is 0 Å². The molecule has 1 atom stereocenters. The molecular weight excluding hydrogens is 254 g/mol. The molecule has 18 heavy (non-hydrogen) atoms. The van der Waals surface area contributed by atoms with Crippen molar-refractivity contribution in [3.63, 3.8) is 0 Å². The lowest BCUT2D eigenvalue weighted by molar-refractivity contribution is 0.0935. The summed E-state index contributed by atoms with van der Waals surface area (Å²) in [6.07, 6.45) is -0.674. The zero-order chi connectivity index (χ0) is 13.8. The molecule has 0 aliphatic heterocycles. The lowest BCUT2D eigenvalue weighted by Gasteiger charge is -2.22. The smallest absolute Gasteiger partial charge is 0.264 e. The van der Waals surface area contributed by atoms with Gasteiger partial charge in [0, 0.05) is 12.1 Å². The highest BCUT2D eigenvalue weighted by Crippen LogP contribution is 2.20. The molecule has 0 bridgehead atoms. The molecule has 1 amide bonds. The maximum absolute atomic E-state index is 11.0. The van der Waals surface area contributed by atoms with Gasteiger partial charge in [0.25, 0.3) is 5.91 Å². The number of nitrogens with one attached hydrogen (secondary N) is 1. The number of hydrogen-bond acceptors (Lipinski definition) is 6. The highest BCUT2D eigenvalue weighted by molar-refractivity contribution is 7.12. The monoisotopic (exact) mass is 273 g/mol. The summed E-state index contributed by atoms with van der Waals surface area (Å²) in [5.74, 6) is -0.392. The molecular formula is C11H19N3O3S. The number of nitrogens with two attached hydrogens (primary N) is 1. The number of aliphatic hydroxyl groups is 1. The molecule has 0 fully saturated rings. The van der Waals surface area contributed by atoms with Crippen molar-refractivity contribution in [2.75, 3.05) is 13.2 Å². The summed E-state index contributed by atoms with van der Waals surface area (Å²) in [7, 11) is 0. The van der Waals surface area contributed by atoms with E-state index in [1.165, 1.54) is 5.51 Å². The largest absolute Gasteiger partial charge is 0.474 e. The number of rotatable bonds is 6. The number of carbonyl (C=O) groups excluding carboxylic acids is 1. The van der Waals surface area contributed by atoms with Crippen LogP contribution in [0.2, 0.25) is 0 Å². The van der Waals surface area contributed by atoms with E-state index in [2.05, 4.69) is 10.3 Å². The van der Waals surface area contributed by atoms with Gasteiger partial charge in [0.05, 0.1) is 5.51 Å². The Balaban J connectivity index is 2.40. The molecule has 0 saturated heterocycles. The van der Waals surface area contributed by atoms with Crippen LogP contribution in [0.25, 0.3) is 0 Å². The number of thiazole rings is 1. The van der Waals surface area contributed by atoms with Crippen LogP contribution in [0.3, 0.4) is 0 Å². The molecule has 1 unspecified atom stereocenters. The van der Waals surface area contributed by atoms with Crippen LogP contribution in [0, 0.1) is 0 Å². The molecule has 0 radical (unpaired) electrons. The van der Waals surface area contributed by atoms with Crippen molar-refractivity contribution in [2.24, 2.45) is 5.73 Å². The van der Waals surface area contributed by atoms with E-state index in [1.807, 2.05) is 20.8 Å². The number of hydrogen-bond donors (Lipinski definition) is 3. The standard InChI is InChI=1S/C11H19N3O3S/c1-11(2,3)14-4-7(15)5-17-10-8(9(12)16)18-6-13-10/h6-7,14-15H,4-5H2,1-3H3,(H2,12,16). The number of β-amino-alcohol motifs (C(OH)–C–C–N with tert-alkyl or cyclic N) is 1. The summed E-state index contributed by atoms with van der Waals surface area (Å²) in [5, 5.41) is 12.9. The van der Waals surface area contributed by atoms with E-state index in [4.69, 9.17) is 10.5 Å². The molecule has 1 aromatic heterocycles. The molecule has 0 aromatic carbocycles. The topological polar surface area (TPSA) is 97.5 Å². The Bertz CT molecular complexity index is 400. The van der Waals surface area contributed by atoms with Crippen LogP contribution in [-0.4, -0.2) is 40.8 Å². The highest BCUT2D eigenvalue weighted by atomic mass is 32.1. The van der Waals surface area contributed by atoms with Gasteiger partial charge in [0.2, 0.25) is 5.88 Å². The number of carbonyl (C=O) groups is 1. The third-order valence-corrected chi connectivity index (χ3v) is 2.86. The van der Waals surface area contributed by atoms with Crippen LogP contribution in [0.1, 0.15) is 30.4 Å². The van der Waals surface area contributed by atoms with Gasteiger partial charge in [-0.2, -0.15) is 0 Å². The Kier molecular flexibility index (Phi) is 5.06. The SMILES string of the molecule is CC(C)(C)NCC(O)COc1ncsc1C(N)=O. The number of primary amides is 1. The Labute approximate surface area is 110 Å². The van der Waals surface area contributed by atoms with E-state index in [9.17, 15) is 9.90 Å². The predicted molar refractivity (Wildman–Crippen MR) is 69.9 cm³/mol. The zero-order valence-electron chi connectivity index (χ0n) is 10.8. The molecule has 0 spiro atoms. The number of nitrogens with zero attached hydrogens (tertiary/aromatic N) is 1. The first-order valence-corrected chi connectivity index (χ1v) is 6.47. The van der Waals surface area contributed by atoms with Crippen LogP contribution in [-0.2, 0) is 0 Å². The van der Waals surface area contributed by atoms with Crippen LogP contribution in [0.15, 0.2) is 5.51 Å². The summed E-state index contributed by atoms with van der Waals surface area (Å²) >= 11 is 1.12. The first-order valence-electron chi connectivity index (χ1n) is 5.59. The van der Waals surface area contributed by atoms with E-state index in [-0.39, 0.29) is 22.9 Å². The third kappa shape index (κ3) is 4.99. The predicted octanol–water partition coefficient (Wildman–Crippen LogP) is 0.370. The summed E-state index contributed by atoms with van der Waals surface area (Å²) < 4.78 is 5.27. The minimum absolute atomic E-state index is 0.0626. The molecule has 0 saturated carbocycles.